The van der Waals surface area contributed by atoms with Crippen LogP contribution in [0.5, 0.6) is 0 Å². The van der Waals surface area contributed by atoms with E-state index in [2.05, 4.69) is 62.5 Å². The fourth-order valence-corrected chi connectivity index (χ4v) is 8.97. The molecule has 26 heavy (non-hydrogen) atoms. The van der Waals surface area contributed by atoms with E-state index in [0.717, 1.165) is 6.42 Å². The van der Waals surface area contributed by atoms with Crippen LogP contribution in [0.25, 0.3) is 6.08 Å². The monoisotopic (exact) mass is 356 g/mol. The van der Waals surface area contributed by atoms with Crippen LogP contribution < -0.4 is 0 Å². The van der Waals surface area contributed by atoms with Gasteiger partial charge in [-0.25, -0.2) is 0 Å². The summed E-state index contributed by atoms with van der Waals surface area (Å²) in [6.45, 7) is 7.51. The van der Waals surface area contributed by atoms with Crippen molar-refractivity contribution in [3.63, 3.8) is 0 Å². The van der Waals surface area contributed by atoms with Gasteiger partial charge in [-0.1, -0.05) is 71.9 Å². The molecule has 1 aromatic carbocycles. The van der Waals surface area contributed by atoms with E-state index < -0.39 is 8.07 Å². The summed E-state index contributed by atoms with van der Waals surface area (Å²) in [5.74, 6) is 0. The number of benzene rings is 1. The number of fused-ring (bicyclic) bond motifs is 2. The Bertz CT molecular complexity index is 960. The zero-order valence-electron chi connectivity index (χ0n) is 16.3. The van der Waals surface area contributed by atoms with Crippen molar-refractivity contribution >= 4 is 14.1 Å². The molecule has 5 rings (SSSR count). The van der Waals surface area contributed by atoms with E-state index in [4.69, 9.17) is 0 Å². The maximum absolute atomic E-state index is 2.59. The first kappa shape index (κ1) is 16.3. The number of hydrogen-bond acceptors (Lipinski definition) is 0. The summed E-state index contributed by atoms with van der Waals surface area (Å²) in [5.41, 5.74) is 11.1. The van der Waals surface area contributed by atoms with E-state index in [1.54, 1.807) is 38.3 Å². The minimum Gasteiger partial charge on any atom is -0.0711 e. The van der Waals surface area contributed by atoms with Gasteiger partial charge in [0, 0.05) is 0 Å². The molecule has 0 fully saturated rings. The molecule has 1 heteroatoms. The Morgan fingerprint density at radius 2 is 1.69 bits per heavy atom. The first-order valence-electron chi connectivity index (χ1n) is 10.2. The molecule has 0 unspecified atom stereocenters. The Hall–Kier alpha value is -1.86. The van der Waals surface area contributed by atoms with Crippen LogP contribution in [0.3, 0.4) is 0 Å². The second-order valence-corrected chi connectivity index (χ2v) is 13.4. The molecule has 0 N–H and O–H groups in total. The largest absolute Gasteiger partial charge is 0.109 e. The highest BCUT2D eigenvalue weighted by atomic mass is 28.3. The first-order valence-corrected chi connectivity index (χ1v) is 13.2. The predicted octanol–water partition coefficient (Wildman–Crippen LogP) is 6.87. The maximum Gasteiger partial charge on any atom is 0.109 e. The molecular formula is C25H28Si. The molecule has 0 nitrogen and oxygen atoms in total. The predicted molar refractivity (Wildman–Crippen MR) is 115 cm³/mol. The van der Waals surface area contributed by atoms with Gasteiger partial charge in [-0.3, -0.25) is 0 Å². The van der Waals surface area contributed by atoms with E-state index >= 15 is 0 Å². The van der Waals surface area contributed by atoms with Gasteiger partial charge in [0.2, 0.25) is 0 Å². The molecular weight excluding hydrogens is 328 g/mol. The van der Waals surface area contributed by atoms with Gasteiger partial charge in [0.1, 0.15) is 8.07 Å². The van der Waals surface area contributed by atoms with Gasteiger partial charge in [0.25, 0.3) is 0 Å². The highest BCUT2D eigenvalue weighted by molar-refractivity contribution is 6.92. The van der Waals surface area contributed by atoms with Crippen molar-refractivity contribution in [3.05, 3.63) is 85.8 Å². The lowest BCUT2D eigenvalue weighted by Gasteiger charge is -2.32. The molecule has 1 aromatic rings. The number of allylic oxidation sites excluding steroid dienone is 9. The third-order valence-electron chi connectivity index (χ3n) is 6.95. The van der Waals surface area contributed by atoms with Gasteiger partial charge < -0.3 is 0 Å². The summed E-state index contributed by atoms with van der Waals surface area (Å²) in [7, 11) is -1.67. The molecule has 0 amide bonds. The molecule has 0 aromatic heterocycles. The molecule has 0 radical (unpaired) electrons. The van der Waals surface area contributed by atoms with Crippen LogP contribution >= 0.6 is 0 Å². The molecule has 0 spiro atoms. The molecule has 4 aliphatic carbocycles. The van der Waals surface area contributed by atoms with E-state index in [1.807, 2.05) is 0 Å². The molecule has 4 aliphatic rings. The van der Waals surface area contributed by atoms with Crippen LogP contribution in [0.1, 0.15) is 50.2 Å². The number of hydrogen-bond donors (Lipinski definition) is 0. The molecule has 0 saturated carbocycles. The van der Waals surface area contributed by atoms with Gasteiger partial charge in [0.15, 0.2) is 0 Å². The molecule has 0 atom stereocenters. The molecule has 0 heterocycles. The van der Waals surface area contributed by atoms with Crippen molar-refractivity contribution < 1.29 is 0 Å². The zero-order chi connectivity index (χ0) is 17.9. The van der Waals surface area contributed by atoms with Crippen LogP contribution in [0, 0.1) is 0 Å². The van der Waals surface area contributed by atoms with Crippen LogP contribution in [0.15, 0.2) is 74.7 Å². The van der Waals surface area contributed by atoms with Crippen molar-refractivity contribution in [2.24, 2.45) is 0 Å². The van der Waals surface area contributed by atoms with Crippen molar-refractivity contribution in [1.82, 2.24) is 0 Å². The lowest BCUT2D eigenvalue weighted by atomic mass is 9.82. The minimum atomic E-state index is -1.67. The third-order valence-corrected chi connectivity index (χ3v) is 10.8. The standard InChI is InChI=1S/C25H28Si/c1-17-12-22-13-18-8-4-7-11-21(18)16-24(22)25(17)26(2,3)23-14-19-9-5-6-10-20(19)15-23/h5-6,9-10,12,14,16H,4,7-8,11,13,15H2,1-3H3. The van der Waals surface area contributed by atoms with Crippen molar-refractivity contribution in [2.75, 3.05) is 0 Å². The summed E-state index contributed by atoms with van der Waals surface area (Å²) in [6.07, 6.45) is 15.4. The average molecular weight is 357 g/mol. The lowest BCUT2D eigenvalue weighted by Crippen LogP contribution is -2.34. The topological polar surface area (TPSA) is 0 Å². The smallest absolute Gasteiger partial charge is 0.0711 e. The SMILES string of the molecule is CC1=C([Si](C)(C)C2=Cc3ccccc3C2)C2=CC3=C(CCCC3)CC2=C1. The summed E-state index contributed by atoms with van der Waals surface area (Å²) >= 11 is 0. The highest BCUT2D eigenvalue weighted by Gasteiger charge is 2.39. The van der Waals surface area contributed by atoms with E-state index in [9.17, 15) is 0 Å². The minimum absolute atomic E-state index is 1.16. The Morgan fingerprint density at radius 3 is 2.54 bits per heavy atom. The molecule has 0 bridgehead atoms. The van der Waals surface area contributed by atoms with Crippen LogP contribution in [-0.2, 0) is 6.42 Å². The quantitative estimate of drug-likeness (QED) is 0.507. The normalized spacial score (nSPS) is 21.9. The van der Waals surface area contributed by atoms with Crippen LogP contribution in [-0.4, -0.2) is 8.07 Å². The van der Waals surface area contributed by atoms with Gasteiger partial charge >= 0.3 is 0 Å². The van der Waals surface area contributed by atoms with Gasteiger partial charge in [-0.05, 0) is 78.5 Å². The van der Waals surface area contributed by atoms with Gasteiger partial charge in [-0.2, -0.15) is 0 Å². The van der Waals surface area contributed by atoms with Gasteiger partial charge in [-0.15, -0.1) is 0 Å². The highest BCUT2D eigenvalue weighted by Crippen LogP contribution is 2.48. The summed E-state index contributed by atoms with van der Waals surface area (Å²) in [4.78, 5) is 0. The molecule has 0 saturated heterocycles. The lowest BCUT2D eigenvalue weighted by molar-refractivity contribution is 0.665. The Morgan fingerprint density at radius 1 is 0.885 bits per heavy atom. The maximum atomic E-state index is 2.59. The first-order chi connectivity index (χ1) is 12.5. The fourth-order valence-electron chi connectivity index (χ4n) is 5.54. The molecule has 132 valence electrons. The van der Waals surface area contributed by atoms with Gasteiger partial charge in [0.05, 0.1) is 0 Å². The van der Waals surface area contributed by atoms with Crippen LogP contribution in [0.2, 0.25) is 13.1 Å². The second-order valence-electron chi connectivity index (χ2n) is 8.97. The van der Waals surface area contributed by atoms with Crippen molar-refractivity contribution in [1.29, 1.82) is 0 Å². The van der Waals surface area contributed by atoms with E-state index in [0.29, 0.717) is 0 Å². The van der Waals surface area contributed by atoms with E-state index in [1.165, 1.54) is 43.2 Å². The Kier molecular flexibility index (Phi) is 3.65. The van der Waals surface area contributed by atoms with Crippen molar-refractivity contribution in [3.8, 4) is 0 Å². The van der Waals surface area contributed by atoms with E-state index in [-0.39, 0.29) is 0 Å². The third kappa shape index (κ3) is 2.40. The zero-order valence-corrected chi connectivity index (χ0v) is 17.3. The summed E-state index contributed by atoms with van der Waals surface area (Å²) < 4.78 is 0. The Balaban J connectivity index is 1.55. The molecule has 0 aliphatic heterocycles. The average Bonchev–Trinajstić information content (AvgIpc) is 3.20. The summed E-state index contributed by atoms with van der Waals surface area (Å²) in [6, 6.07) is 8.95. The Labute approximate surface area is 158 Å². The summed E-state index contributed by atoms with van der Waals surface area (Å²) in [5, 5.41) is 3.41. The van der Waals surface area contributed by atoms with Crippen molar-refractivity contribution in [2.45, 2.75) is 58.5 Å². The fraction of sp³-hybridized carbons (Fsp3) is 0.360. The van der Waals surface area contributed by atoms with Crippen LogP contribution in [0.4, 0.5) is 0 Å². The number of rotatable bonds is 2. The second kappa shape index (κ2) is 5.82.